The number of thiazole rings is 1. The number of nitrogens with zero attached hydrogens (tertiary/aromatic N) is 2. The van der Waals surface area contributed by atoms with Crippen LogP contribution in [-0.2, 0) is 10.0 Å². The Hall–Kier alpha value is -2.40. The molecule has 2 heterocycles. The van der Waals surface area contributed by atoms with E-state index < -0.39 is 28.3 Å². The number of amides is 1. The molecule has 168 valence electrons. The summed E-state index contributed by atoms with van der Waals surface area (Å²) in [7, 11) is -3.86. The highest BCUT2D eigenvalue weighted by atomic mass is 35.5. The molecule has 1 amide bonds. The van der Waals surface area contributed by atoms with Gasteiger partial charge in [0.1, 0.15) is 12.3 Å². The fraction of sp³-hybridized carbons (Fsp3) is 0.238. The quantitative estimate of drug-likeness (QED) is 0.581. The predicted octanol–water partition coefficient (Wildman–Crippen LogP) is 4.30. The predicted molar refractivity (Wildman–Crippen MR) is 120 cm³/mol. The summed E-state index contributed by atoms with van der Waals surface area (Å²) in [5.41, 5.74) is 1.77. The van der Waals surface area contributed by atoms with E-state index in [4.69, 9.17) is 16.7 Å². The molecule has 2 aromatic carbocycles. The number of sulfonamides is 1. The lowest BCUT2D eigenvalue weighted by atomic mass is 10.1. The van der Waals surface area contributed by atoms with Gasteiger partial charge in [-0.25, -0.2) is 27.3 Å². The molecule has 0 bridgehead atoms. The van der Waals surface area contributed by atoms with E-state index in [9.17, 15) is 22.0 Å². The molecule has 0 aliphatic carbocycles. The Balaban J connectivity index is 1.77. The Morgan fingerprint density at radius 3 is 2.16 bits per heavy atom. The second kappa shape index (κ2) is 8.86. The minimum atomic E-state index is -3.86. The van der Waals surface area contributed by atoms with Crippen LogP contribution >= 0.6 is 22.9 Å². The molecule has 32 heavy (non-hydrogen) atoms. The number of carbonyl (C=O) groups is 1. The van der Waals surface area contributed by atoms with Gasteiger partial charge in [-0.2, -0.15) is 0 Å². The number of hydrogen-bond acceptors (Lipinski definition) is 5. The second-order valence-electron chi connectivity index (χ2n) is 7.41. The van der Waals surface area contributed by atoms with Gasteiger partial charge in [-0.15, -0.1) is 11.3 Å². The van der Waals surface area contributed by atoms with Gasteiger partial charge < -0.3 is 4.90 Å². The number of piperidine rings is 1. The summed E-state index contributed by atoms with van der Waals surface area (Å²) < 4.78 is 50.8. The van der Waals surface area contributed by atoms with Crippen molar-refractivity contribution in [2.45, 2.75) is 23.7 Å². The largest absolute Gasteiger partial charge is 0.331 e. The van der Waals surface area contributed by atoms with Crippen molar-refractivity contribution in [2.24, 2.45) is 5.14 Å². The summed E-state index contributed by atoms with van der Waals surface area (Å²) in [6, 6.07) is 12.7. The molecule has 0 saturated carbocycles. The average molecular weight is 498 g/mol. The molecule has 1 saturated heterocycles. The Morgan fingerprint density at radius 1 is 1.03 bits per heavy atom. The Labute approximate surface area is 192 Å². The van der Waals surface area contributed by atoms with Crippen molar-refractivity contribution in [3.05, 3.63) is 58.6 Å². The minimum absolute atomic E-state index is 0.0496. The van der Waals surface area contributed by atoms with Gasteiger partial charge in [0.2, 0.25) is 10.0 Å². The van der Waals surface area contributed by atoms with Crippen molar-refractivity contribution in [3.63, 3.8) is 0 Å². The third-order valence-corrected chi connectivity index (χ3v) is 7.28. The summed E-state index contributed by atoms with van der Waals surface area (Å²) in [5, 5.41) is 5.78. The Bertz CT molecular complexity index is 1240. The maximum atomic E-state index is 13.8. The molecule has 1 fully saturated rings. The molecule has 3 aromatic rings. The highest BCUT2D eigenvalue weighted by molar-refractivity contribution is 7.89. The molecule has 1 aliphatic heterocycles. The number of carbonyl (C=O) groups excluding carboxylic acids is 1. The van der Waals surface area contributed by atoms with E-state index in [1.807, 2.05) is 0 Å². The number of alkyl halides is 2. The molecule has 2 unspecified atom stereocenters. The first-order valence-corrected chi connectivity index (χ1v) is 12.3. The van der Waals surface area contributed by atoms with Gasteiger partial charge in [-0.3, -0.25) is 4.79 Å². The molecular formula is C21H18ClF2N3O3S2. The molecule has 0 spiro atoms. The Morgan fingerprint density at radius 2 is 1.59 bits per heavy atom. The third kappa shape index (κ3) is 4.83. The summed E-state index contributed by atoms with van der Waals surface area (Å²) >= 11 is 7.05. The van der Waals surface area contributed by atoms with Crippen molar-refractivity contribution in [1.82, 2.24) is 9.88 Å². The lowest BCUT2D eigenvalue weighted by Gasteiger charge is -2.30. The summed E-state index contributed by atoms with van der Waals surface area (Å²) in [6.07, 6.45) is -3.08. The van der Waals surface area contributed by atoms with Gasteiger partial charge in [0.15, 0.2) is 5.01 Å². The third-order valence-electron chi connectivity index (χ3n) is 5.01. The van der Waals surface area contributed by atoms with Gasteiger partial charge in [0.05, 0.1) is 28.6 Å². The van der Waals surface area contributed by atoms with Crippen LogP contribution in [0.1, 0.15) is 16.2 Å². The fourth-order valence-electron chi connectivity index (χ4n) is 3.49. The Kier molecular flexibility index (Phi) is 6.30. The van der Waals surface area contributed by atoms with Crippen molar-refractivity contribution < 1.29 is 22.0 Å². The van der Waals surface area contributed by atoms with Crippen LogP contribution in [0, 0.1) is 0 Å². The molecule has 0 radical (unpaired) electrons. The number of likely N-dealkylation sites (tertiary alicyclic amines) is 1. The fourth-order valence-corrected chi connectivity index (χ4v) is 5.19. The van der Waals surface area contributed by atoms with Gasteiger partial charge >= 0.3 is 0 Å². The number of rotatable bonds is 4. The highest BCUT2D eigenvalue weighted by Gasteiger charge is 2.32. The van der Waals surface area contributed by atoms with Crippen molar-refractivity contribution in [1.29, 1.82) is 0 Å². The standard InChI is InChI=1S/C21H18ClF2N3O3S2/c22-14-5-1-12(2-6-14)18-19(13-3-7-17(8-4-13)32(25,29)30)31-20(26-18)21(28)27-10-15(23)9-16(24)11-27/h1-8,15-16H,9-11H2,(H2,25,29,30). The van der Waals surface area contributed by atoms with E-state index in [0.29, 0.717) is 26.7 Å². The van der Waals surface area contributed by atoms with Crippen LogP contribution in [0.5, 0.6) is 0 Å². The summed E-state index contributed by atoms with van der Waals surface area (Å²) in [6.45, 7) is -0.374. The lowest BCUT2D eigenvalue weighted by molar-refractivity contribution is 0.0469. The van der Waals surface area contributed by atoms with Crippen molar-refractivity contribution in [2.75, 3.05) is 13.1 Å². The average Bonchev–Trinajstić information content (AvgIpc) is 3.18. The van der Waals surface area contributed by atoms with Crippen LogP contribution in [0.4, 0.5) is 8.78 Å². The minimum Gasteiger partial charge on any atom is -0.331 e. The van der Waals surface area contributed by atoms with Crippen LogP contribution in [0.25, 0.3) is 21.7 Å². The molecule has 4 rings (SSSR count). The van der Waals surface area contributed by atoms with Crippen LogP contribution in [0.15, 0.2) is 53.4 Å². The normalized spacial score (nSPS) is 19.2. The van der Waals surface area contributed by atoms with E-state index in [1.165, 1.54) is 12.1 Å². The number of hydrogen-bond donors (Lipinski definition) is 1. The topological polar surface area (TPSA) is 93.4 Å². The smallest absolute Gasteiger partial charge is 0.283 e. The second-order valence-corrected chi connectivity index (χ2v) is 10.4. The molecule has 1 aliphatic rings. The maximum Gasteiger partial charge on any atom is 0.283 e. The molecule has 11 heteroatoms. The molecule has 2 N–H and O–H groups in total. The van der Waals surface area contributed by atoms with Crippen LogP contribution in [0.2, 0.25) is 5.02 Å². The van der Waals surface area contributed by atoms with Crippen molar-refractivity contribution >= 4 is 38.9 Å². The zero-order valence-corrected chi connectivity index (χ0v) is 18.9. The SMILES string of the molecule is NS(=O)(=O)c1ccc(-c2sc(C(=O)N3CC(F)CC(F)C3)nc2-c2ccc(Cl)cc2)cc1. The monoisotopic (exact) mass is 497 g/mol. The number of halogens is 3. The molecular weight excluding hydrogens is 480 g/mol. The van der Waals surface area contributed by atoms with Crippen LogP contribution < -0.4 is 5.14 Å². The number of benzene rings is 2. The van der Waals surface area contributed by atoms with Gasteiger partial charge in [0, 0.05) is 17.0 Å². The molecule has 2 atom stereocenters. The molecule has 1 aromatic heterocycles. The van der Waals surface area contributed by atoms with E-state index in [-0.39, 0.29) is 29.4 Å². The first kappa shape index (κ1) is 22.8. The van der Waals surface area contributed by atoms with E-state index in [2.05, 4.69) is 4.98 Å². The number of primary sulfonamides is 1. The van der Waals surface area contributed by atoms with E-state index >= 15 is 0 Å². The van der Waals surface area contributed by atoms with Gasteiger partial charge in [-0.05, 0) is 29.8 Å². The highest BCUT2D eigenvalue weighted by Crippen LogP contribution is 2.38. The number of aromatic nitrogens is 1. The summed E-state index contributed by atoms with van der Waals surface area (Å²) in [4.78, 5) is 19.1. The zero-order valence-electron chi connectivity index (χ0n) is 16.5. The van der Waals surface area contributed by atoms with Crippen LogP contribution in [-0.4, -0.2) is 49.6 Å². The van der Waals surface area contributed by atoms with E-state index in [0.717, 1.165) is 16.2 Å². The first-order valence-electron chi connectivity index (χ1n) is 9.59. The van der Waals surface area contributed by atoms with E-state index in [1.54, 1.807) is 36.4 Å². The first-order chi connectivity index (χ1) is 15.1. The molecule has 6 nitrogen and oxygen atoms in total. The van der Waals surface area contributed by atoms with Crippen LogP contribution in [0.3, 0.4) is 0 Å². The van der Waals surface area contributed by atoms with Crippen molar-refractivity contribution in [3.8, 4) is 21.7 Å². The zero-order chi connectivity index (χ0) is 23.0. The lowest BCUT2D eigenvalue weighted by Crippen LogP contribution is -2.45. The number of nitrogens with two attached hydrogens (primary N) is 1. The van der Waals surface area contributed by atoms with Gasteiger partial charge in [0.25, 0.3) is 5.91 Å². The summed E-state index contributed by atoms with van der Waals surface area (Å²) in [5.74, 6) is -0.553. The van der Waals surface area contributed by atoms with Gasteiger partial charge in [-0.1, -0.05) is 35.9 Å². The maximum absolute atomic E-state index is 13.8.